The largest absolute Gasteiger partial charge is 0.465 e. The first kappa shape index (κ1) is 6.55. The van der Waals surface area contributed by atoms with Crippen LogP contribution in [-0.4, -0.2) is 23.8 Å². The molecule has 3 heteroatoms. The van der Waals surface area contributed by atoms with Crippen molar-refractivity contribution in [1.29, 1.82) is 0 Å². The Hall–Kier alpha value is -0.570. The van der Waals surface area contributed by atoms with Gasteiger partial charge in [0.2, 0.25) is 0 Å². The summed E-state index contributed by atoms with van der Waals surface area (Å²) >= 11 is 0. The van der Waals surface area contributed by atoms with E-state index in [9.17, 15) is 4.79 Å². The number of carbonyl (C=O) groups is 1. The molecule has 9 heavy (non-hydrogen) atoms. The van der Waals surface area contributed by atoms with Crippen LogP contribution in [0.25, 0.3) is 0 Å². The van der Waals surface area contributed by atoms with Crippen LogP contribution in [0.3, 0.4) is 0 Å². The van der Waals surface area contributed by atoms with Crippen LogP contribution in [0.4, 0.5) is 0 Å². The molecule has 1 aliphatic rings. The average Bonchev–Trinajstić information content (AvgIpc) is 1.83. The second kappa shape index (κ2) is 2.35. The molecule has 0 aliphatic carbocycles. The molecule has 2 atom stereocenters. The lowest BCUT2D eigenvalue weighted by Crippen LogP contribution is -2.34. The van der Waals surface area contributed by atoms with E-state index in [1.54, 1.807) is 6.92 Å². The number of aliphatic hydroxyl groups is 1. The van der Waals surface area contributed by atoms with E-state index in [1.165, 1.54) is 0 Å². The number of aliphatic hydroxyl groups excluding tert-OH is 1. The summed E-state index contributed by atoms with van der Waals surface area (Å²) in [4.78, 5) is 10.6. The number of carbonyl (C=O) groups excluding carboxylic acids is 1. The van der Waals surface area contributed by atoms with Gasteiger partial charge in [-0.2, -0.15) is 0 Å². The third-order valence-corrected chi connectivity index (χ3v) is 1.61. The zero-order valence-electron chi connectivity index (χ0n) is 5.33. The van der Waals surface area contributed by atoms with Crippen LogP contribution in [-0.2, 0) is 9.53 Å². The van der Waals surface area contributed by atoms with E-state index in [1.807, 2.05) is 0 Å². The molecule has 0 aromatic rings. The smallest absolute Gasteiger partial charge is 0.311 e. The molecule has 0 spiro atoms. The maximum Gasteiger partial charge on any atom is 0.311 e. The van der Waals surface area contributed by atoms with Crippen molar-refractivity contribution < 1.29 is 14.6 Å². The number of cyclic esters (lactones) is 1. The number of rotatable bonds is 0. The van der Waals surface area contributed by atoms with Gasteiger partial charge in [0.15, 0.2) is 0 Å². The standard InChI is InChI=1S/C6H10O3/c1-4-5(7)2-3-9-6(4)8/h4-5,7H,2-3H2,1H3/t4-,5+/m1/s1. The number of hydrogen-bond acceptors (Lipinski definition) is 3. The van der Waals surface area contributed by atoms with Gasteiger partial charge >= 0.3 is 5.97 Å². The molecule has 0 amide bonds. The summed E-state index contributed by atoms with van der Waals surface area (Å²) in [5.41, 5.74) is 0. The van der Waals surface area contributed by atoms with E-state index in [-0.39, 0.29) is 11.9 Å². The monoisotopic (exact) mass is 130 g/mol. The second-order valence-electron chi connectivity index (χ2n) is 2.31. The van der Waals surface area contributed by atoms with Gasteiger partial charge in [-0.3, -0.25) is 4.79 Å². The highest BCUT2D eigenvalue weighted by Crippen LogP contribution is 2.14. The Balaban J connectivity index is 2.51. The molecule has 0 radical (unpaired) electrons. The van der Waals surface area contributed by atoms with Gasteiger partial charge in [-0.1, -0.05) is 0 Å². The molecule has 1 fully saturated rings. The fourth-order valence-corrected chi connectivity index (χ4v) is 0.819. The summed E-state index contributed by atoms with van der Waals surface area (Å²) in [6.07, 6.45) is 0.0821. The van der Waals surface area contributed by atoms with Crippen molar-refractivity contribution in [2.45, 2.75) is 19.4 Å². The molecule has 0 aromatic carbocycles. The first-order valence-electron chi connectivity index (χ1n) is 3.06. The molecule has 1 aliphatic heterocycles. The minimum absolute atomic E-state index is 0.284. The van der Waals surface area contributed by atoms with Crippen molar-refractivity contribution in [3.63, 3.8) is 0 Å². The fourth-order valence-electron chi connectivity index (χ4n) is 0.819. The topological polar surface area (TPSA) is 46.5 Å². The van der Waals surface area contributed by atoms with Crippen molar-refractivity contribution in [3.05, 3.63) is 0 Å². The predicted molar refractivity (Wildman–Crippen MR) is 30.7 cm³/mol. The lowest BCUT2D eigenvalue weighted by Gasteiger charge is -2.22. The van der Waals surface area contributed by atoms with E-state index in [0.29, 0.717) is 13.0 Å². The van der Waals surface area contributed by atoms with Crippen molar-refractivity contribution in [2.24, 2.45) is 5.92 Å². The summed E-state index contributed by atoms with van der Waals surface area (Å²) in [5.74, 6) is -0.618. The van der Waals surface area contributed by atoms with Gasteiger partial charge < -0.3 is 9.84 Å². The first-order valence-corrected chi connectivity index (χ1v) is 3.06. The van der Waals surface area contributed by atoms with E-state index in [0.717, 1.165) is 0 Å². The molecule has 0 unspecified atom stereocenters. The van der Waals surface area contributed by atoms with Crippen LogP contribution in [0.2, 0.25) is 0 Å². The third-order valence-electron chi connectivity index (χ3n) is 1.61. The van der Waals surface area contributed by atoms with Gasteiger partial charge in [0.05, 0.1) is 18.6 Å². The van der Waals surface area contributed by atoms with Crippen molar-refractivity contribution in [1.82, 2.24) is 0 Å². The molecule has 1 saturated heterocycles. The first-order chi connectivity index (χ1) is 4.22. The Labute approximate surface area is 53.6 Å². The van der Waals surface area contributed by atoms with Crippen LogP contribution in [0, 0.1) is 5.92 Å². The molecule has 0 saturated carbocycles. The van der Waals surface area contributed by atoms with E-state index < -0.39 is 6.10 Å². The van der Waals surface area contributed by atoms with E-state index in [4.69, 9.17) is 5.11 Å². The van der Waals surface area contributed by atoms with Crippen LogP contribution < -0.4 is 0 Å². The Kier molecular flexibility index (Phi) is 1.71. The molecule has 3 nitrogen and oxygen atoms in total. The zero-order valence-corrected chi connectivity index (χ0v) is 5.33. The highest BCUT2D eigenvalue weighted by atomic mass is 16.5. The van der Waals surface area contributed by atoms with Crippen LogP contribution >= 0.6 is 0 Å². The van der Waals surface area contributed by atoms with E-state index in [2.05, 4.69) is 4.74 Å². The van der Waals surface area contributed by atoms with Crippen LogP contribution in [0.5, 0.6) is 0 Å². The summed E-state index contributed by atoms with van der Waals surface area (Å²) < 4.78 is 4.66. The molecule has 1 rings (SSSR count). The predicted octanol–water partition coefficient (Wildman–Crippen LogP) is -0.0697. The highest BCUT2D eigenvalue weighted by Gasteiger charge is 2.27. The Morgan fingerprint density at radius 1 is 1.78 bits per heavy atom. The molecule has 52 valence electrons. The summed E-state index contributed by atoms with van der Waals surface area (Å²) in [5, 5.41) is 9.05. The maximum absolute atomic E-state index is 10.6. The van der Waals surface area contributed by atoms with Gasteiger partial charge in [0.1, 0.15) is 0 Å². The SMILES string of the molecule is C[C@H]1C(=O)OCC[C@@H]1O. The third kappa shape index (κ3) is 1.21. The maximum atomic E-state index is 10.6. The van der Waals surface area contributed by atoms with Crippen LogP contribution in [0.15, 0.2) is 0 Å². The molecular formula is C6H10O3. The molecule has 0 bridgehead atoms. The number of esters is 1. The quantitative estimate of drug-likeness (QED) is 0.467. The minimum Gasteiger partial charge on any atom is -0.465 e. The number of ether oxygens (including phenoxy) is 1. The summed E-state index contributed by atoms with van der Waals surface area (Å²) in [6.45, 7) is 2.04. The highest BCUT2D eigenvalue weighted by molar-refractivity contribution is 5.73. The van der Waals surface area contributed by atoms with Crippen molar-refractivity contribution in [2.75, 3.05) is 6.61 Å². The van der Waals surface area contributed by atoms with Gasteiger partial charge in [-0.05, 0) is 6.92 Å². The summed E-state index contributed by atoms with van der Waals surface area (Å²) in [6, 6.07) is 0. The second-order valence-corrected chi connectivity index (χ2v) is 2.31. The van der Waals surface area contributed by atoms with E-state index >= 15 is 0 Å². The molecule has 1 N–H and O–H groups in total. The average molecular weight is 130 g/mol. The summed E-state index contributed by atoms with van der Waals surface area (Å²) in [7, 11) is 0. The Morgan fingerprint density at radius 3 is 2.89 bits per heavy atom. The van der Waals surface area contributed by atoms with Crippen molar-refractivity contribution in [3.8, 4) is 0 Å². The minimum atomic E-state index is -0.494. The van der Waals surface area contributed by atoms with Gasteiger partial charge in [0.25, 0.3) is 0 Å². The lowest BCUT2D eigenvalue weighted by atomic mass is 10.0. The number of hydrogen-bond donors (Lipinski definition) is 1. The lowest BCUT2D eigenvalue weighted by molar-refractivity contribution is -0.159. The van der Waals surface area contributed by atoms with Gasteiger partial charge in [-0.15, -0.1) is 0 Å². The fraction of sp³-hybridized carbons (Fsp3) is 0.833. The van der Waals surface area contributed by atoms with Gasteiger partial charge in [-0.25, -0.2) is 0 Å². The van der Waals surface area contributed by atoms with Crippen LogP contribution in [0.1, 0.15) is 13.3 Å². The normalized spacial score (nSPS) is 36.0. The van der Waals surface area contributed by atoms with Gasteiger partial charge in [0, 0.05) is 6.42 Å². The van der Waals surface area contributed by atoms with Crippen molar-refractivity contribution >= 4 is 5.97 Å². The zero-order chi connectivity index (χ0) is 6.85. The molecule has 0 aromatic heterocycles. The Bertz CT molecular complexity index is 121. The molecular weight excluding hydrogens is 120 g/mol. The molecule has 1 heterocycles. The Morgan fingerprint density at radius 2 is 2.44 bits per heavy atom.